The monoisotopic (exact) mass is 230 g/mol. The molecule has 0 aromatic carbocycles. The summed E-state index contributed by atoms with van der Waals surface area (Å²) in [4.78, 5) is 24.8. The van der Waals surface area contributed by atoms with E-state index in [1.165, 1.54) is 12.0 Å². The summed E-state index contributed by atoms with van der Waals surface area (Å²) >= 11 is 0. The summed E-state index contributed by atoms with van der Waals surface area (Å²) in [5.41, 5.74) is -0.940. The van der Waals surface area contributed by atoms with Gasteiger partial charge in [-0.2, -0.15) is 0 Å². The molecule has 1 unspecified atom stereocenters. The van der Waals surface area contributed by atoms with Crippen LogP contribution in [0.1, 0.15) is 33.6 Å². The van der Waals surface area contributed by atoms with Crippen molar-refractivity contribution in [3.63, 3.8) is 0 Å². The Kier molecular flexibility index (Phi) is 5.85. The number of hydrogen-bond donors (Lipinski definition) is 1. The van der Waals surface area contributed by atoms with E-state index in [0.717, 1.165) is 6.42 Å². The van der Waals surface area contributed by atoms with Gasteiger partial charge in [-0.3, -0.25) is 0 Å². The van der Waals surface area contributed by atoms with E-state index in [-0.39, 0.29) is 6.03 Å². The fourth-order valence-electron chi connectivity index (χ4n) is 1.42. The maximum Gasteiger partial charge on any atom is 0.331 e. The zero-order valence-corrected chi connectivity index (χ0v) is 10.8. The van der Waals surface area contributed by atoms with E-state index in [1.54, 1.807) is 14.0 Å². The smallest absolute Gasteiger partial charge is 0.331 e. The van der Waals surface area contributed by atoms with E-state index in [4.69, 9.17) is 4.74 Å². The highest BCUT2D eigenvalue weighted by molar-refractivity contribution is 5.86. The Morgan fingerprint density at radius 1 is 1.38 bits per heavy atom. The fourth-order valence-corrected chi connectivity index (χ4v) is 1.42. The van der Waals surface area contributed by atoms with Gasteiger partial charge in [-0.1, -0.05) is 13.3 Å². The summed E-state index contributed by atoms with van der Waals surface area (Å²) in [7, 11) is 3.00. The third kappa shape index (κ3) is 3.72. The molecule has 0 heterocycles. The Labute approximate surface area is 97.1 Å². The van der Waals surface area contributed by atoms with Crippen molar-refractivity contribution in [2.75, 3.05) is 20.7 Å². The maximum absolute atomic E-state index is 11.7. The zero-order valence-electron chi connectivity index (χ0n) is 10.8. The molecule has 0 aliphatic heterocycles. The van der Waals surface area contributed by atoms with E-state index in [1.807, 2.05) is 13.8 Å². The molecule has 2 amide bonds. The van der Waals surface area contributed by atoms with Crippen molar-refractivity contribution in [1.29, 1.82) is 0 Å². The van der Waals surface area contributed by atoms with Crippen LogP contribution in [0.5, 0.6) is 0 Å². The minimum Gasteiger partial charge on any atom is -0.467 e. The van der Waals surface area contributed by atoms with Crippen molar-refractivity contribution in [2.45, 2.75) is 39.2 Å². The number of methoxy groups -OCH3 is 1. The lowest BCUT2D eigenvalue weighted by atomic mass is 9.96. The second kappa shape index (κ2) is 6.35. The topological polar surface area (TPSA) is 58.6 Å². The number of carbonyl (C=O) groups excluding carboxylic acids is 2. The van der Waals surface area contributed by atoms with Gasteiger partial charge in [0.2, 0.25) is 0 Å². The van der Waals surface area contributed by atoms with Gasteiger partial charge in [-0.05, 0) is 20.3 Å². The molecule has 0 aliphatic rings. The molecule has 5 heteroatoms. The highest BCUT2D eigenvalue weighted by Crippen LogP contribution is 2.14. The third-order valence-electron chi connectivity index (χ3n) is 2.59. The number of nitrogens with zero attached hydrogens (tertiary/aromatic N) is 1. The summed E-state index contributed by atoms with van der Waals surface area (Å²) in [6, 6.07) is -0.260. The normalized spacial score (nSPS) is 13.8. The SMILES string of the molecule is CCCC(C)(NC(=O)N(C)CC)C(=O)OC. The van der Waals surface area contributed by atoms with E-state index < -0.39 is 11.5 Å². The lowest BCUT2D eigenvalue weighted by Gasteiger charge is -2.29. The van der Waals surface area contributed by atoms with Gasteiger partial charge in [0, 0.05) is 13.6 Å². The van der Waals surface area contributed by atoms with Gasteiger partial charge in [0.05, 0.1) is 7.11 Å². The van der Waals surface area contributed by atoms with Crippen molar-refractivity contribution in [1.82, 2.24) is 10.2 Å². The van der Waals surface area contributed by atoms with Gasteiger partial charge in [-0.15, -0.1) is 0 Å². The minimum absolute atomic E-state index is 0.260. The first-order valence-electron chi connectivity index (χ1n) is 5.53. The van der Waals surface area contributed by atoms with Crippen molar-refractivity contribution in [3.05, 3.63) is 0 Å². The third-order valence-corrected chi connectivity index (χ3v) is 2.59. The highest BCUT2D eigenvalue weighted by atomic mass is 16.5. The molecule has 0 bridgehead atoms. The highest BCUT2D eigenvalue weighted by Gasteiger charge is 2.35. The summed E-state index contributed by atoms with van der Waals surface area (Å²) in [6.07, 6.45) is 1.35. The molecular formula is C11H22N2O3. The van der Waals surface area contributed by atoms with E-state index in [9.17, 15) is 9.59 Å². The molecule has 0 spiro atoms. The molecule has 16 heavy (non-hydrogen) atoms. The van der Waals surface area contributed by atoms with Gasteiger partial charge in [0.15, 0.2) is 0 Å². The molecule has 0 saturated heterocycles. The molecule has 1 N–H and O–H groups in total. The van der Waals surface area contributed by atoms with E-state index in [0.29, 0.717) is 13.0 Å². The first-order valence-corrected chi connectivity index (χ1v) is 5.53. The number of ether oxygens (including phenoxy) is 1. The number of esters is 1. The van der Waals surface area contributed by atoms with Crippen molar-refractivity contribution in [3.8, 4) is 0 Å². The van der Waals surface area contributed by atoms with Gasteiger partial charge in [-0.25, -0.2) is 9.59 Å². The summed E-state index contributed by atoms with van der Waals surface area (Å²) in [6.45, 7) is 6.10. The lowest BCUT2D eigenvalue weighted by molar-refractivity contribution is -0.147. The van der Waals surface area contributed by atoms with Crippen LogP contribution in [-0.4, -0.2) is 43.1 Å². The van der Waals surface area contributed by atoms with Crippen LogP contribution in [0, 0.1) is 0 Å². The van der Waals surface area contributed by atoms with Gasteiger partial charge in [0.1, 0.15) is 5.54 Å². The first kappa shape index (κ1) is 14.7. The first-order chi connectivity index (χ1) is 7.41. The van der Waals surface area contributed by atoms with Crippen LogP contribution in [0.15, 0.2) is 0 Å². The van der Waals surface area contributed by atoms with E-state index >= 15 is 0 Å². The Hall–Kier alpha value is -1.26. The number of urea groups is 1. The zero-order chi connectivity index (χ0) is 12.8. The Bertz CT molecular complexity index is 256. The molecule has 0 aromatic heterocycles. The van der Waals surface area contributed by atoms with Crippen LogP contribution in [0.4, 0.5) is 4.79 Å². The van der Waals surface area contributed by atoms with Crippen LogP contribution in [0.3, 0.4) is 0 Å². The number of carbonyl (C=O) groups is 2. The molecule has 94 valence electrons. The lowest BCUT2D eigenvalue weighted by Crippen LogP contribution is -2.55. The van der Waals surface area contributed by atoms with Crippen molar-refractivity contribution < 1.29 is 14.3 Å². The molecule has 0 fully saturated rings. The van der Waals surface area contributed by atoms with Crippen LogP contribution in [0.25, 0.3) is 0 Å². The maximum atomic E-state index is 11.7. The van der Waals surface area contributed by atoms with Crippen LogP contribution >= 0.6 is 0 Å². The standard InChI is InChI=1S/C11H22N2O3/c1-6-8-11(3,9(14)16-5)12-10(15)13(4)7-2/h6-8H2,1-5H3,(H,12,15). The largest absolute Gasteiger partial charge is 0.467 e. The van der Waals surface area contributed by atoms with Crippen LogP contribution in [0.2, 0.25) is 0 Å². The minimum atomic E-state index is -0.940. The fraction of sp³-hybridized carbons (Fsp3) is 0.818. The Balaban J connectivity index is 4.67. The van der Waals surface area contributed by atoms with Crippen LogP contribution < -0.4 is 5.32 Å². The molecule has 0 rings (SSSR count). The second-order valence-electron chi connectivity index (χ2n) is 4.02. The predicted octanol–water partition coefficient (Wildman–Crippen LogP) is 1.38. The molecule has 5 nitrogen and oxygen atoms in total. The predicted molar refractivity (Wildman–Crippen MR) is 62.2 cm³/mol. The average molecular weight is 230 g/mol. The van der Waals surface area contributed by atoms with Crippen molar-refractivity contribution in [2.24, 2.45) is 0 Å². The number of rotatable bonds is 5. The molecule has 0 saturated carbocycles. The van der Waals surface area contributed by atoms with Crippen LogP contribution in [-0.2, 0) is 9.53 Å². The molecule has 1 atom stereocenters. The number of nitrogens with one attached hydrogen (secondary N) is 1. The van der Waals surface area contributed by atoms with E-state index in [2.05, 4.69) is 5.32 Å². The summed E-state index contributed by atoms with van der Waals surface area (Å²) < 4.78 is 4.71. The van der Waals surface area contributed by atoms with Crippen molar-refractivity contribution >= 4 is 12.0 Å². The summed E-state index contributed by atoms with van der Waals surface area (Å²) in [5.74, 6) is -0.410. The molecule has 0 aliphatic carbocycles. The number of hydrogen-bond acceptors (Lipinski definition) is 3. The van der Waals surface area contributed by atoms with Gasteiger partial charge in [0.25, 0.3) is 0 Å². The van der Waals surface area contributed by atoms with Gasteiger partial charge < -0.3 is 15.0 Å². The number of amides is 2. The summed E-state index contributed by atoms with van der Waals surface area (Å²) in [5, 5.41) is 2.71. The molecule has 0 aromatic rings. The van der Waals surface area contributed by atoms with Gasteiger partial charge >= 0.3 is 12.0 Å². The Morgan fingerprint density at radius 3 is 2.31 bits per heavy atom. The molecular weight excluding hydrogens is 208 g/mol. The second-order valence-corrected chi connectivity index (χ2v) is 4.02. The quantitative estimate of drug-likeness (QED) is 0.726. The Morgan fingerprint density at radius 2 is 1.94 bits per heavy atom. The molecule has 0 radical (unpaired) electrons. The average Bonchev–Trinajstić information content (AvgIpc) is 2.26.